The molecule has 10 nitrogen and oxygen atoms in total. The quantitative estimate of drug-likeness (QED) is 0.180. The molecule has 232 valence electrons. The van der Waals surface area contributed by atoms with Gasteiger partial charge in [0.1, 0.15) is 50.1 Å². The Labute approximate surface area is 251 Å². The van der Waals surface area contributed by atoms with Gasteiger partial charge in [-0.25, -0.2) is 14.4 Å². The molecule has 2 aromatic carbocycles. The first-order valence-electron chi connectivity index (χ1n) is 13.6. The zero-order valence-electron chi connectivity index (χ0n) is 25.0. The Morgan fingerprint density at radius 2 is 1.12 bits per heavy atom. The van der Waals surface area contributed by atoms with E-state index in [-0.39, 0.29) is 43.1 Å². The third-order valence-corrected chi connectivity index (χ3v) is 6.53. The van der Waals surface area contributed by atoms with Gasteiger partial charge in [-0.3, -0.25) is 0 Å². The number of rotatable bonds is 17. The van der Waals surface area contributed by atoms with Gasteiger partial charge in [0.05, 0.1) is 0 Å². The van der Waals surface area contributed by atoms with Crippen LogP contribution in [-0.4, -0.2) is 71.9 Å². The second-order valence-corrected chi connectivity index (χ2v) is 10.5. The molecule has 2 rings (SSSR count). The van der Waals surface area contributed by atoms with Crippen molar-refractivity contribution in [3.63, 3.8) is 0 Å². The van der Waals surface area contributed by atoms with Crippen molar-refractivity contribution in [2.24, 2.45) is 0 Å². The summed E-state index contributed by atoms with van der Waals surface area (Å²) in [7, 11) is 0. The number of carbonyl (C=O) groups is 3. The SMILES string of the molecule is C=C(C)C(=O)OCC(O)COc1ccc(C(C)(CC=C(C)C(=O)O)c2ccc(OCC(O)COC(=O)C(=C)C)cc2)cc1. The summed E-state index contributed by atoms with van der Waals surface area (Å²) < 4.78 is 21.2. The highest BCUT2D eigenvalue weighted by Crippen LogP contribution is 2.37. The van der Waals surface area contributed by atoms with E-state index in [0.29, 0.717) is 17.9 Å². The van der Waals surface area contributed by atoms with Crippen LogP contribution in [0, 0.1) is 0 Å². The Morgan fingerprint density at radius 3 is 1.44 bits per heavy atom. The third kappa shape index (κ3) is 11.1. The number of carboxylic acid groups (broad SMARTS) is 1. The number of aliphatic carboxylic acids is 1. The number of esters is 2. The minimum atomic E-state index is -1.02. The first-order chi connectivity index (χ1) is 20.2. The standard InChI is InChI=1S/C33H40O10/c1-21(2)31(38)42-19-26(34)17-40-28-11-7-24(8-12-28)33(6,16-15-23(5)30(36)37)25-9-13-29(14-10-25)41-18-27(35)20-43-32(39)22(3)4/h7-15,26-27,34-35H,1,3,16-20H2,2,4-6H3,(H,36,37). The predicted octanol–water partition coefficient (Wildman–Crippen LogP) is 4.13. The average molecular weight is 597 g/mol. The van der Waals surface area contributed by atoms with Crippen LogP contribution in [0.25, 0.3) is 0 Å². The number of aliphatic hydroxyl groups excluding tert-OH is 2. The van der Waals surface area contributed by atoms with Crippen molar-refractivity contribution in [3.05, 3.63) is 95.6 Å². The van der Waals surface area contributed by atoms with Crippen LogP contribution in [0.3, 0.4) is 0 Å². The molecule has 0 saturated heterocycles. The smallest absolute Gasteiger partial charge is 0.333 e. The van der Waals surface area contributed by atoms with Crippen molar-refractivity contribution in [3.8, 4) is 11.5 Å². The van der Waals surface area contributed by atoms with E-state index in [1.54, 1.807) is 30.3 Å². The molecule has 2 atom stereocenters. The second kappa shape index (κ2) is 16.3. The van der Waals surface area contributed by atoms with E-state index in [0.717, 1.165) is 11.1 Å². The van der Waals surface area contributed by atoms with Gasteiger partial charge in [-0.15, -0.1) is 0 Å². The molecule has 0 aromatic heterocycles. The van der Waals surface area contributed by atoms with Crippen LogP contribution in [0.1, 0.15) is 45.2 Å². The molecule has 0 spiro atoms. The number of allylic oxidation sites excluding steroid dienone is 1. The van der Waals surface area contributed by atoms with Crippen LogP contribution in [0.2, 0.25) is 0 Å². The maximum atomic E-state index is 11.5. The fourth-order valence-electron chi connectivity index (χ4n) is 3.76. The molecule has 0 fully saturated rings. The molecular formula is C33H40O10. The Morgan fingerprint density at radius 1 is 0.744 bits per heavy atom. The zero-order valence-corrected chi connectivity index (χ0v) is 25.0. The number of benzene rings is 2. The number of aliphatic hydroxyl groups is 2. The van der Waals surface area contributed by atoms with Crippen molar-refractivity contribution < 1.29 is 48.7 Å². The lowest BCUT2D eigenvalue weighted by molar-refractivity contribution is -0.143. The highest BCUT2D eigenvalue weighted by Gasteiger charge is 2.28. The largest absolute Gasteiger partial charge is 0.491 e. The molecular weight excluding hydrogens is 556 g/mol. The van der Waals surface area contributed by atoms with Gasteiger partial charge in [0, 0.05) is 22.1 Å². The topological polar surface area (TPSA) is 149 Å². The van der Waals surface area contributed by atoms with Crippen molar-refractivity contribution in [2.75, 3.05) is 26.4 Å². The first-order valence-corrected chi connectivity index (χ1v) is 13.6. The van der Waals surface area contributed by atoms with Gasteiger partial charge in [-0.1, -0.05) is 50.4 Å². The molecule has 2 unspecified atom stereocenters. The summed E-state index contributed by atoms with van der Waals surface area (Å²) in [5.74, 6) is -1.20. The van der Waals surface area contributed by atoms with Crippen LogP contribution in [0.4, 0.5) is 0 Å². The second-order valence-electron chi connectivity index (χ2n) is 10.5. The number of hydrogen-bond donors (Lipinski definition) is 3. The lowest BCUT2D eigenvalue weighted by Gasteiger charge is -2.30. The van der Waals surface area contributed by atoms with Crippen molar-refractivity contribution in [1.82, 2.24) is 0 Å². The highest BCUT2D eigenvalue weighted by atomic mass is 16.6. The normalized spacial score (nSPS) is 14.0. The molecule has 0 aliphatic carbocycles. The number of ether oxygens (including phenoxy) is 4. The molecule has 0 heterocycles. The Hall–Kier alpha value is -4.41. The lowest BCUT2D eigenvalue weighted by atomic mass is 9.73. The van der Waals surface area contributed by atoms with E-state index in [1.807, 2.05) is 31.2 Å². The third-order valence-electron chi connectivity index (χ3n) is 6.53. The molecule has 2 aromatic rings. The van der Waals surface area contributed by atoms with Crippen molar-refractivity contribution >= 4 is 17.9 Å². The molecule has 0 aliphatic rings. The number of carbonyl (C=O) groups excluding carboxylic acids is 2. The average Bonchev–Trinajstić information content (AvgIpc) is 2.99. The molecule has 0 aliphatic heterocycles. The fourth-order valence-corrected chi connectivity index (χ4v) is 3.76. The Bertz CT molecular complexity index is 1220. The van der Waals surface area contributed by atoms with Crippen LogP contribution in [0.15, 0.2) is 84.5 Å². The summed E-state index contributed by atoms with van der Waals surface area (Å²) >= 11 is 0. The van der Waals surface area contributed by atoms with Gasteiger partial charge in [0.2, 0.25) is 0 Å². The fraction of sp³-hybridized carbons (Fsp3) is 0.364. The Kier molecular flexibility index (Phi) is 13.2. The molecule has 0 saturated carbocycles. The van der Waals surface area contributed by atoms with E-state index in [1.165, 1.54) is 20.8 Å². The van der Waals surface area contributed by atoms with E-state index in [9.17, 15) is 29.7 Å². The highest BCUT2D eigenvalue weighted by molar-refractivity contribution is 5.87. The van der Waals surface area contributed by atoms with Crippen LogP contribution >= 0.6 is 0 Å². The number of hydrogen-bond acceptors (Lipinski definition) is 9. The molecule has 0 bridgehead atoms. The van der Waals surface area contributed by atoms with Crippen LogP contribution < -0.4 is 9.47 Å². The van der Waals surface area contributed by atoms with E-state index >= 15 is 0 Å². The first kappa shape index (κ1) is 34.8. The van der Waals surface area contributed by atoms with Gasteiger partial charge in [-0.2, -0.15) is 0 Å². The molecule has 10 heteroatoms. The van der Waals surface area contributed by atoms with Gasteiger partial charge in [-0.05, 0) is 62.6 Å². The summed E-state index contributed by atoms with van der Waals surface area (Å²) in [5, 5.41) is 29.5. The molecule has 0 radical (unpaired) electrons. The summed E-state index contributed by atoms with van der Waals surface area (Å²) in [5.41, 5.74) is 1.82. The van der Waals surface area contributed by atoms with E-state index < -0.39 is 35.5 Å². The van der Waals surface area contributed by atoms with Crippen molar-refractivity contribution in [1.29, 1.82) is 0 Å². The lowest BCUT2D eigenvalue weighted by Crippen LogP contribution is -2.26. The molecule has 43 heavy (non-hydrogen) atoms. The minimum absolute atomic E-state index is 0.0902. The Balaban J connectivity index is 2.14. The summed E-state index contributed by atoms with van der Waals surface area (Å²) in [6.45, 7) is 12.9. The maximum Gasteiger partial charge on any atom is 0.333 e. The predicted molar refractivity (Wildman–Crippen MR) is 160 cm³/mol. The summed E-state index contributed by atoms with van der Waals surface area (Å²) in [6.07, 6.45) is 0.00391. The van der Waals surface area contributed by atoms with Crippen molar-refractivity contribution in [2.45, 2.75) is 51.7 Å². The summed E-state index contributed by atoms with van der Waals surface area (Å²) in [4.78, 5) is 34.5. The van der Waals surface area contributed by atoms with Gasteiger partial charge >= 0.3 is 17.9 Å². The monoisotopic (exact) mass is 596 g/mol. The molecule has 3 N–H and O–H groups in total. The number of carboxylic acids is 1. The van der Waals surface area contributed by atoms with Crippen LogP contribution in [0.5, 0.6) is 11.5 Å². The van der Waals surface area contributed by atoms with Gasteiger partial charge < -0.3 is 34.3 Å². The molecule has 0 amide bonds. The van der Waals surface area contributed by atoms with E-state index in [2.05, 4.69) is 13.2 Å². The minimum Gasteiger partial charge on any atom is -0.491 e. The zero-order chi connectivity index (χ0) is 32.2. The summed E-state index contributed by atoms with van der Waals surface area (Å²) in [6, 6.07) is 14.4. The van der Waals surface area contributed by atoms with E-state index in [4.69, 9.17) is 18.9 Å². The van der Waals surface area contributed by atoms with Crippen LogP contribution in [-0.2, 0) is 29.3 Å². The maximum absolute atomic E-state index is 11.5. The van der Waals surface area contributed by atoms with Gasteiger partial charge in [0.15, 0.2) is 0 Å². The van der Waals surface area contributed by atoms with Gasteiger partial charge in [0.25, 0.3) is 0 Å².